The molecule has 0 aliphatic carbocycles. The van der Waals surface area contributed by atoms with E-state index in [9.17, 15) is 4.79 Å². The first-order chi connectivity index (χ1) is 11.1. The Kier molecular flexibility index (Phi) is 4.95. The van der Waals surface area contributed by atoms with Crippen LogP contribution < -0.4 is 9.64 Å². The van der Waals surface area contributed by atoms with Crippen molar-refractivity contribution in [2.45, 2.75) is 25.4 Å². The third-order valence-electron chi connectivity index (χ3n) is 4.34. The van der Waals surface area contributed by atoms with Gasteiger partial charge >= 0.3 is 0 Å². The highest BCUT2D eigenvalue weighted by Gasteiger charge is 2.31. The van der Waals surface area contributed by atoms with Crippen molar-refractivity contribution in [3.63, 3.8) is 0 Å². The minimum atomic E-state index is -0.0190. The van der Waals surface area contributed by atoms with E-state index in [0.29, 0.717) is 25.6 Å². The van der Waals surface area contributed by atoms with Gasteiger partial charge in [0.25, 0.3) is 0 Å². The van der Waals surface area contributed by atoms with Crippen LogP contribution in [0.1, 0.15) is 19.3 Å². The number of likely N-dealkylation sites (tertiary alicyclic amines) is 1. The van der Waals surface area contributed by atoms with Crippen molar-refractivity contribution in [1.82, 2.24) is 15.1 Å². The molecule has 1 amide bonds. The summed E-state index contributed by atoms with van der Waals surface area (Å²) in [5.74, 6) is 1.52. The number of amides is 1. The molecule has 2 atom stereocenters. The summed E-state index contributed by atoms with van der Waals surface area (Å²) >= 11 is 0. The molecule has 0 aromatic carbocycles. The number of rotatable bonds is 4. The highest BCUT2D eigenvalue weighted by molar-refractivity contribution is 5.79. The van der Waals surface area contributed by atoms with Crippen LogP contribution in [0.15, 0.2) is 12.1 Å². The molecular formula is C16H24N4O3. The van der Waals surface area contributed by atoms with Crippen LogP contribution in [-0.4, -0.2) is 67.5 Å². The zero-order chi connectivity index (χ0) is 16.2. The van der Waals surface area contributed by atoms with Gasteiger partial charge in [-0.05, 0) is 25.3 Å². The van der Waals surface area contributed by atoms with Crippen molar-refractivity contribution in [2.75, 3.05) is 45.3 Å². The largest absolute Gasteiger partial charge is 0.471 e. The van der Waals surface area contributed by atoms with Crippen LogP contribution in [0.25, 0.3) is 0 Å². The summed E-state index contributed by atoms with van der Waals surface area (Å²) in [4.78, 5) is 16.3. The number of hydrogen-bond acceptors (Lipinski definition) is 6. The molecule has 1 aromatic rings. The van der Waals surface area contributed by atoms with Gasteiger partial charge in [0.1, 0.15) is 6.10 Å². The molecule has 1 aromatic heterocycles. The van der Waals surface area contributed by atoms with Crippen molar-refractivity contribution in [3.8, 4) is 5.88 Å². The van der Waals surface area contributed by atoms with E-state index in [-0.39, 0.29) is 17.9 Å². The Morgan fingerprint density at radius 2 is 2.22 bits per heavy atom. The molecule has 2 fully saturated rings. The molecule has 0 bridgehead atoms. The second-order valence-electron chi connectivity index (χ2n) is 6.35. The topological polar surface area (TPSA) is 67.8 Å². The summed E-state index contributed by atoms with van der Waals surface area (Å²) in [6, 6.07) is 3.71. The summed E-state index contributed by atoms with van der Waals surface area (Å²) < 4.78 is 11.2. The number of piperidine rings is 1. The maximum atomic E-state index is 12.5. The lowest BCUT2D eigenvalue weighted by molar-refractivity contribution is -0.138. The minimum Gasteiger partial charge on any atom is -0.471 e. The first-order valence-electron chi connectivity index (χ1n) is 8.17. The number of aromatic nitrogens is 2. The zero-order valence-electron chi connectivity index (χ0n) is 13.8. The third kappa shape index (κ3) is 3.90. The smallest absolute Gasteiger partial charge is 0.233 e. The first-order valence-corrected chi connectivity index (χ1v) is 8.17. The Labute approximate surface area is 136 Å². The Morgan fingerprint density at radius 3 is 2.87 bits per heavy atom. The molecule has 7 heteroatoms. The summed E-state index contributed by atoms with van der Waals surface area (Å²) in [6.07, 6.45) is 2.70. The van der Waals surface area contributed by atoms with Crippen LogP contribution in [0.4, 0.5) is 5.82 Å². The van der Waals surface area contributed by atoms with E-state index in [0.717, 1.165) is 31.6 Å². The van der Waals surface area contributed by atoms with Crippen LogP contribution in [0, 0.1) is 5.92 Å². The molecule has 0 N–H and O–H groups in total. The number of anilines is 1. The van der Waals surface area contributed by atoms with E-state index in [4.69, 9.17) is 9.47 Å². The van der Waals surface area contributed by atoms with Crippen LogP contribution in [-0.2, 0) is 9.53 Å². The SMILES string of the molecule is CN(C)c1ccc(OC2CCCN(C(=O)C3CCOC3)C2)nn1. The number of hydrogen-bond donors (Lipinski definition) is 0. The van der Waals surface area contributed by atoms with Gasteiger partial charge in [-0.3, -0.25) is 4.79 Å². The Bertz CT molecular complexity index is 529. The molecule has 0 radical (unpaired) electrons. The van der Waals surface area contributed by atoms with Gasteiger partial charge in [0.05, 0.1) is 19.1 Å². The van der Waals surface area contributed by atoms with Gasteiger partial charge in [0.2, 0.25) is 11.8 Å². The zero-order valence-corrected chi connectivity index (χ0v) is 13.8. The molecular weight excluding hydrogens is 296 g/mol. The summed E-state index contributed by atoms with van der Waals surface area (Å²) in [5.41, 5.74) is 0. The third-order valence-corrected chi connectivity index (χ3v) is 4.34. The molecule has 23 heavy (non-hydrogen) atoms. The normalized spacial score (nSPS) is 24.5. The van der Waals surface area contributed by atoms with Gasteiger partial charge in [0, 0.05) is 33.3 Å². The van der Waals surface area contributed by atoms with Crippen molar-refractivity contribution < 1.29 is 14.3 Å². The molecule has 2 unspecified atom stereocenters. The summed E-state index contributed by atoms with van der Waals surface area (Å²) in [7, 11) is 3.84. The van der Waals surface area contributed by atoms with E-state index in [1.807, 2.05) is 36.0 Å². The van der Waals surface area contributed by atoms with Crippen molar-refractivity contribution >= 4 is 11.7 Å². The van der Waals surface area contributed by atoms with Gasteiger partial charge in [0.15, 0.2) is 5.82 Å². The summed E-state index contributed by atoms with van der Waals surface area (Å²) in [5, 5.41) is 8.22. The van der Waals surface area contributed by atoms with Crippen molar-refractivity contribution in [3.05, 3.63) is 12.1 Å². The average Bonchev–Trinajstić information content (AvgIpc) is 3.09. The Hall–Kier alpha value is -1.89. The van der Waals surface area contributed by atoms with Crippen molar-refractivity contribution in [1.29, 1.82) is 0 Å². The van der Waals surface area contributed by atoms with Gasteiger partial charge in [-0.15, -0.1) is 10.2 Å². The van der Waals surface area contributed by atoms with E-state index in [1.165, 1.54) is 0 Å². The maximum Gasteiger partial charge on any atom is 0.233 e. The van der Waals surface area contributed by atoms with E-state index >= 15 is 0 Å². The molecule has 3 heterocycles. The second kappa shape index (κ2) is 7.12. The molecule has 2 aliphatic heterocycles. The maximum absolute atomic E-state index is 12.5. The second-order valence-corrected chi connectivity index (χ2v) is 6.35. The highest BCUT2D eigenvalue weighted by atomic mass is 16.5. The lowest BCUT2D eigenvalue weighted by atomic mass is 10.0. The molecule has 126 valence electrons. The molecule has 2 saturated heterocycles. The number of carbonyl (C=O) groups excluding carboxylic acids is 1. The van der Waals surface area contributed by atoms with Gasteiger partial charge in [-0.2, -0.15) is 0 Å². The highest BCUT2D eigenvalue weighted by Crippen LogP contribution is 2.21. The number of carbonyl (C=O) groups is 1. The van der Waals surface area contributed by atoms with Crippen LogP contribution in [0.3, 0.4) is 0 Å². The number of nitrogens with zero attached hydrogens (tertiary/aromatic N) is 4. The van der Waals surface area contributed by atoms with Crippen molar-refractivity contribution in [2.24, 2.45) is 5.92 Å². The fourth-order valence-electron chi connectivity index (χ4n) is 3.01. The summed E-state index contributed by atoms with van der Waals surface area (Å²) in [6.45, 7) is 2.67. The van der Waals surface area contributed by atoms with Gasteiger partial charge in [-0.1, -0.05) is 0 Å². The number of ether oxygens (including phenoxy) is 2. The molecule has 0 saturated carbocycles. The molecule has 7 nitrogen and oxygen atoms in total. The fourth-order valence-corrected chi connectivity index (χ4v) is 3.01. The van der Waals surface area contributed by atoms with E-state index in [2.05, 4.69) is 10.2 Å². The molecule has 3 rings (SSSR count). The van der Waals surface area contributed by atoms with Gasteiger partial charge < -0.3 is 19.3 Å². The molecule has 2 aliphatic rings. The van der Waals surface area contributed by atoms with Crippen LogP contribution >= 0.6 is 0 Å². The lowest BCUT2D eigenvalue weighted by Crippen LogP contribution is -2.46. The predicted octanol–water partition coefficient (Wildman–Crippen LogP) is 0.949. The fraction of sp³-hybridized carbons (Fsp3) is 0.688. The van der Waals surface area contributed by atoms with Gasteiger partial charge in [-0.25, -0.2) is 0 Å². The molecule has 0 spiro atoms. The van der Waals surface area contributed by atoms with E-state index < -0.39 is 0 Å². The quantitative estimate of drug-likeness (QED) is 0.823. The Balaban J connectivity index is 1.56. The van der Waals surface area contributed by atoms with E-state index in [1.54, 1.807) is 0 Å². The first kappa shape index (κ1) is 16.0. The predicted molar refractivity (Wildman–Crippen MR) is 85.5 cm³/mol. The lowest BCUT2D eigenvalue weighted by Gasteiger charge is -2.33. The monoisotopic (exact) mass is 320 g/mol. The Morgan fingerprint density at radius 1 is 1.35 bits per heavy atom. The van der Waals surface area contributed by atoms with Crippen LogP contribution in [0.5, 0.6) is 5.88 Å². The average molecular weight is 320 g/mol. The minimum absolute atomic E-state index is 0.0190. The standard InChI is InChI=1S/C16H24N4O3/c1-19(2)14-5-6-15(18-17-14)23-13-4-3-8-20(10-13)16(21)12-7-9-22-11-12/h5-6,12-13H,3-4,7-11H2,1-2H3. The van der Waals surface area contributed by atoms with Crippen LogP contribution in [0.2, 0.25) is 0 Å².